The first-order valence-corrected chi connectivity index (χ1v) is 7.54. The van der Waals surface area contributed by atoms with Crippen molar-refractivity contribution < 1.29 is 9.53 Å². The molecule has 0 spiro atoms. The van der Waals surface area contributed by atoms with Crippen molar-refractivity contribution >= 4 is 11.6 Å². The smallest absolute Gasteiger partial charge is 0.253 e. The number of fused-ring (bicyclic) bond motifs is 1. The van der Waals surface area contributed by atoms with E-state index in [2.05, 4.69) is 5.32 Å². The number of rotatable bonds is 5. The van der Waals surface area contributed by atoms with Gasteiger partial charge in [0.05, 0.1) is 6.54 Å². The van der Waals surface area contributed by atoms with Gasteiger partial charge in [-0.05, 0) is 42.3 Å². The van der Waals surface area contributed by atoms with E-state index in [4.69, 9.17) is 4.74 Å². The van der Waals surface area contributed by atoms with Crippen LogP contribution in [0.25, 0.3) is 0 Å². The summed E-state index contributed by atoms with van der Waals surface area (Å²) in [5.74, 6) is 0.860. The van der Waals surface area contributed by atoms with Crippen LogP contribution in [0.1, 0.15) is 15.9 Å². The molecule has 0 saturated carbocycles. The van der Waals surface area contributed by atoms with Crippen molar-refractivity contribution in [3.05, 3.63) is 59.7 Å². The Bertz CT molecular complexity index is 655. The van der Waals surface area contributed by atoms with E-state index in [1.54, 1.807) is 4.90 Å². The summed E-state index contributed by atoms with van der Waals surface area (Å²) in [5, 5.41) is 3.30. The number of nitrogens with zero attached hydrogens (tertiary/aromatic N) is 1. The minimum Gasteiger partial charge on any atom is -0.492 e. The normalized spacial score (nSPS) is 12.4. The van der Waals surface area contributed by atoms with E-state index in [-0.39, 0.29) is 5.91 Å². The van der Waals surface area contributed by atoms with Crippen molar-refractivity contribution in [3.8, 4) is 5.75 Å². The molecule has 0 bridgehead atoms. The van der Waals surface area contributed by atoms with Gasteiger partial charge < -0.3 is 15.0 Å². The van der Waals surface area contributed by atoms with Crippen molar-refractivity contribution in [2.45, 2.75) is 6.42 Å². The molecule has 0 aromatic heterocycles. The Kier molecular flexibility index (Phi) is 4.28. The van der Waals surface area contributed by atoms with Crippen LogP contribution in [0.15, 0.2) is 48.5 Å². The number of carbonyl (C=O) groups is 1. The number of amides is 1. The number of anilines is 1. The molecule has 4 nitrogen and oxygen atoms in total. The van der Waals surface area contributed by atoms with E-state index in [0.29, 0.717) is 13.2 Å². The molecule has 1 N–H and O–H groups in total. The van der Waals surface area contributed by atoms with Crippen LogP contribution in [0.4, 0.5) is 5.69 Å². The predicted octanol–water partition coefficient (Wildman–Crippen LogP) is 2.81. The Hall–Kier alpha value is -2.49. The van der Waals surface area contributed by atoms with Crippen LogP contribution in [-0.4, -0.2) is 37.6 Å². The summed E-state index contributed by atoms with van der Waals surface area (Å²) in [5.41, 5.74) is 3.11. The fourth-order valence-electron chi connectivity index (χ4n) is 2.58. The number of nitrogens with one attached hydrogen (secondary N) is 1. The largest absolute Gasteiger partial charge is 0.492 e. The molecule has 0 radical (unpaired) electrons. The maximum atomic E-state index is 12.4. The monoisotopic (exact) mass is 296 g/mol. The molecule has 1 amide bonds. The number of para-hydroxylation sites is 1. The number of hydrogen-bond donors (Lipinski definition) is 1. The summed E-state index contributed by atoms with van der Waals surface area (Å²) >= 11 is 0. The highest BCUT2D eigenvalue weighted by Gasteiger charge is 2.16. The standard InChI is InChI=1S/C18H20N2O2/c1-20(11-12-22-16-5-3-2-4-6-16)18(21)15-7-8-17-14(13-15)9-10-19-17/h2-8,13,19H,9-12H2,1H3. The first-order chi connectivity index (χ1) is 10.7. The molecule has 1 heterocycles. The summed E-state index contributed by atoms with van der Waals surface area (Å²) in [7, 11) is 1.81. The third-order valence-electron chi connectivity index (χ3n) is 3.85. The lowest BCUT2D eigenvalue weighted by atomic mass is 10.1. The van der Waals surface area contributed by atoms with Gasteiger partial charge in [0, 0.05) is 24.8 Å². The minimum atomic E-state index is 0.0337. The van der Waals surface area contributed by atoms with Crippen LogP contribution in [-0.2, 0) is 6.42 Å². The lowest BCUT2D eigenvalue weighted by Gasteiger charge is -2.18. The van der Waals surface area contributed by atoms with E-state index < -0.39 is 0 Å². The number of carbonyl (C=O) groups excluding carboxylic acids is 1. The molecule has 2 aromatic carbocycles. The summed E-state index contributed by atoms with van der Waals surface area (Å²) in [6.45, 7) is 2.00. The van der Waals surface area contributed by atoms with Gasteiger partial charge in [-0.15, -0.1) is 0 Å². The lowest BCUT2D eigenvalue weighted by molar-refractivity contribution is 0.0773. The topological polar surface area (TPSA) is 41.6 Å². The molecule has 0 fully saturated rings. The molecule has 1 aliphatic rings. The fraction of sp³-hybridized carbons (Fsp3) is 0.278. The van der Waals surface area contributed by atoms with Gasteiger partial charge in [0.15, 0.2) is 0 Å². The summed E-state index contributed by atoms with van der Waals surface area (Å²) in [6.07, 6.45) is 0.983. The van der Waals surface area contributed by atoms with Crippen molar-refractivity contribution in [2.75, 3.05) is 32.1 Å². The highest BCUT2D eigenvalue weighted by atomic mass is 16.5. The second-order valence-electron chi connectivity index (χ2n) is 5.44. The molecular formula is C18H20N2O2. The third-order valence-corrected chi connectivity index (χ3v) is 3.85. The van der Waals surface area contributed by atoms with E-state index in [1.165, 1.54) is 5.56 Å². The van der Waals surface area contributed by atoms with Gasteiger partial charge in [-0.3, -0.25) is 4.79 Å². The molecule has 0 saturated heterocycles. The summed E-state index contributed by atoms with van der Waals surface area (Å²) < 4.78 is 5.63. The van der Waals surface area contributed by atoms with Crippen molar-refractivity contribution in [1.82, 2.24) is 4.90 Å². The highest BCUT2D eigenvalue weighted by Crippen LogP contribution is 2.23. The molecule has 0 unspecified atom stereocenters. The quantitative estimate of drug-likeness (QED) is 0.922. The zero-order valence-electron chi connectivity index (χ0n) is 12.7. The first kappa shape index (κ1) is 14.4. The molecule has 2 aromatic rings. The maximum Gasteiger partial charge on any atom is 0.253 e. The van der Waals surface area contributed by atoms with Gasteiger partial charge in [0.2, 0.25) is 0 Å². The Morgan fingerprint density at radius 3 is 2.86 bits per heavy atom. The maximum absolute atomic E-state index is 12.4. The van der Waals surface area contributed by atoms with Gasteiger partial charge in [-0.1, -0.05) is 18.2 Å². The molecule has 0 aliphatic carbocycles. The van der Waals surface area contributed by atoms with Gasteiger partial charge in [-0.2, -0.15) is 0 Å². The lowest BCUT2D eigenvalue weighted by Crippen LogP contribution is -2.30. The van der Waals surface area contributed by atoms with Gasteiger partial charge in [0.25, 0.3) is 5.91 Å². The SMILES string of the molecule is CN(CCOc1ccccc1)C(=O)c1ccc2c(c1)CCN2. The Morgan fingerprint density at radius 2 is 2.05 bits per heavy atom. The third kappa shape index (κ3) is 3.22. The molecule has 4 heteroatoms. The molecule has 114 valence electrons. The Labute approximate surface area is 130 Å². The number of likely N-dealkylation sites (N-methyl/N-ethyl adjacent to an activating group) is 1. The first-order valence-electron chi connectivity index (χ1n) is 7.54. The summed E-state index contributed by atoms with van der Waals surface area (Å²) in [6, 6.07) is 15.5. The van der Waals surface area contributed by atoms with Crippen LogP contribution >= 0.6 is 0 Å². The number of benzene rings is 2. The second kappa shape index (κ2) is 6.52. The van der Waals surface area contributed by atoms with Gasteiger partial charge >= 0.3 is 0 Å². The van der Waals surface area contributed by atoms with Crippen LogP contribution in [0.2, 0.25) is 0 Å². The van der Waals surface area contributed by atoms with Crippen molar-refractivity contribution in [2.24, 2.45) is 0 Å². The highest BCUT2D eigenvalue weighted by molar-refractivity contribution is 5.94. The Balaban J connectivity index is 1.55. The predicted molar refractivity (Wildman–Crippen MR) is 87.5 cm³/mol. The average molecular weight is 296 g/mol. The molecule has 22 heavy (non-hydrogen) atoms. The zero-order valence-corrected chi connectivity index (χ0v) is 12.7. The molecule has 1 aliphatic heterocycles. The van der Waals surface area contributed by atoms with E-state index in [9.17, 15) is 4.79 Å². The van der Waals surface area contributed by atoms with E-state index >= 15 is 0 Å². The Morgan fingerprint density at radius 1 is 1.23 bits per heavy atom. The zero-order chi connectivity index (χ0) is 15.4. The molecule has 0 atom stereocenters. The van der Waals surface area contributed by atoms with Crippen LogP contribution in [0.3, 0.4) is 0 Å². The fourth-order valence-corrected chi connectivity index (χ4v) is 2.58. The van der Waals surface area contributed by atoms with Crippen molar-refractivity contribution in [3.63, 3.8) is 0 Å². The molecular weight excluding hydrogens is 276 g/mol. The minimum absolute atomic E-state index is 0.0337. The van der Waals surface area contributed by atoms with Gasteiger partial charge in [0.1, 0.15) is 12.4 Å². The molecule has 3 rings (SSSR count). The van der Waals surface area contributed by atoms with E-state index in [1.807, 2.05) is 55.6 Å². The van der Waals surface area contributed by atoms with Crippen LogP contribution < -0.4 is 10.1 Å². The number of ether oxygens (including phenoxy) is 1. The summed E-state index contributed by atoms with van der Waals surface area (Å²) in [4.78, 5) is 14.1. The van der Waals surface area contributed by atoms with Crippen LogP contribution in [0, 0.1) is 0 Å². The van der Waals surface area contributed by atoms with Gasteiger partial charge in [-0.25, -0.2) is 0 Å². The number of hydrogen-bond acceptors (Lipinski definition) is 3. The van der Waals surface area contributed by atoms with E-state index in [0.717, 1.165) is 30.0 Å². The van der Waals surface area contributed by atoms with Crippen molar-refractivity contribution in [1.29, 1.82) is 0 Å². The average Bonchev–Trinajstić information content (AvgIpc) is 3.02. The van der Waals surface area contributed by atoms with Crippen LogP contribution in [0.5, 0.6) is 5.75 Å². The second-order valence-corrected chi connectivity index (χ2v) is 5.44.